The molecule has 0 aliphatic carbocycles. The lowest BCUT2D eigenvalue weighted by atomic mass is 10.2. The molecule has 1 aliphatic heterocycles. The standard InChI is InChI=1S/C14H19N3O2S/c1-17-12-6-5-10(9-15)8-11(12)16-14(17)13-4-2-3-7-20(13,18)19/h5-6,8,13H,2-4,7,9,15H2,1H3. The molecule has 1 unspecified atom stereocenters. The van der Waals surface area contributed by atoms with Crippen LogP contribution in [0.2, 0.25) is 0 Å². The number of imidazole rings is 1. The van der Waals surface area contributed by atoms with Gasteiger partial charge in [-0.25, -0.2) is 13.4 Å². The molecule has 1 aromatic carbocycles. The minimum atomic E-state index is -3.07. The van der Waals surface area contributed by atoms with Gasteiger partial charge in [-0.05, 0) is 30.5 Å². The number of nitrogens with two attached hydrogens (primary N) is 1. The van der Waals surface area contributed by atoms with E-state index < -0.39 is 15.1 Å². The highest BCUT2D eigenvalue weighted by molar-refractivity contribution is 7.91. The fraction of sp³-hybridized carbons (Fsp3) is 0.500. The van der Waals surface area contributed by atoms with Crippen molar-refractivity contribution in [3.63, 3.8) is 0 Å². The van der Waals surface area contributed by atoms with E-state index in [0.29, 0.717) is 18.8 Å². The minimum Gasteiger partial charge on any atom is -0.330 e. The van der Waals surface area contributed by atoms with Crippen LogP contribution in [0.1, 0.15) is 35.9 Å². The Hall–Kier alpha value is -1.40. The molecule has 2 aromatic rings. The van der Waals surface area contributed by atoms with Crippen LogP contribution in [0.15, 0.2) is 18.2 Å². The number of benzene rings is 1. The SMILES string of the molecule is Cn1c(C2CCCCS2(=O)=O)nc2cc(CN)ccc21. The largest absolute Gasteiger partial charge is 0.330 e. The Labute approximate surface area is 118 Å². The number of rotatable bonds is 2. The van der Waals surface area contributed by atoms with Crippen LogP contribution in [0.5, 0.6) is 0 Å². The predicted molar refractivity (Wildman–Crippen MR) is 79.0 cm³/mol. The Kier molecular flexibility index (Phi) is 3.30. The lowest BCUT2D eigenvalue weighted by Gasteiger charge is -2.21. The van der Waals surface area contributed by atoms with Crippen molar-refractivity contribution in [2.75, 3.05) is 5.75 Å². The molecule has 2 heterocycles. The lowest BCUT2D eigenvalue weighted by Crippen LogP contribution is -2.24. The van der Waals surface area contributed by atoms with Gasteiger partial charge in [0.25, 0.3) is 0 Å². The normalized spacial score (nSPS) is 22.2. The minimum absolute atomic E-state index is 0.273. The van der Waals surface area contributed by atoms with Gasteiger partial charge >= 0.3 is 0 Å². The van der Waals surface area contributed by atoms with Crippen LogP contribution in [-0.4, -0.2) is 23.7 Å². The topological polar surface area (TPSA) is 78.0 Å². The Morgan fingerprint density at radius 2 is 2.20 bits per heavy atom. The molecule has 1 atom stereocenters. The van der Waals surface area contributed by atoms with Gasteiger partial charge in [0.05, 0.1) is 16.8 Å². The summed E-state index contributed by atoms with van der Waals surface area (Å²) in [5, 5.41) is -0.463. The van der Waals surface area contributed by atoms with Crippen molar-refractivity contribution in [1.82, 2.24) is 9.55 Å². The van der Waals surface area contributed by atoms with Gasteiger partial charge in [0, 0.05) is 13.6 Å². The molecule has 2 N–H and O–H groups in total. The molecule has 0 spiro atoms. The Balaban J connectivity index is 2.14. The van der Waals surface area contributed by atoms with E-state index in [1.54, 1.807) is 0 Å². The van der Waals surface area contributed by atoms with E-state index >= 15 is 0 Å². The maximum absolute atomic E-state index is 12.3. The van der Waals surface area contributed by atoms with Crippen LogP contribution in [0, 0.1) is 0 Å². The second-order valence-electron chi connectivity index (χ2n) is 5.41. The average molecular weight is 293 g/mol. The summed E-state index contributed by atoms with van der Waals surface area (Å²) in [5.74, 6) is 0.934. The molecule has 6 heteroatoms. The van der Waals surface area contributed by atoms with Gasteiger partial charge in [-0.15, -0.1) is 0 Å². The summed E-state index contributed by atoms with van der Waals surface area (Å²) in [6.07, 6.45) is 2.38. The van der Waals surface area contributed by atoms with Crippen molar-refractivity contribution in [2.45, 2.75) is 31.1 Å². The van der Waals surface area contributed by atoms with E-state index in [1.807, 2.05) is 29.8 Å². The van der Waals surface area contributed by atoms with E-state index in [0.717, 1.165) is 29.4 Å². The third kappa shape index (κ3) is 2.13. The van der Waals surface area contributed by atoms with Crippen LogP contribution in [0.4, 0.5) is 0 Å². The van der Waals surface area contributed by atoms with E-state index in [4.69, 9.17) is 5.73 Å². The zero-order chi connectivity index (χ0) is 14.3. The van der Waals surface area contributed by atoms with Crippen LogP contribution in [0.25, 0.3) is 11.0 Å². The van der Waals surface area contributed by atoms with Gasteiger partial charge in [-0.3, -0.25) is 0 Å². The first-order chi connectivity index (χ1) is 9.53. The van der Waals surface area contributed by atoms with Crippen molar-refractivity contribution in [1.29, 1.82) is 0 Å². The first-order valence-electron chi connectivity index (χ1n) is 6.90. The molecular formula is C14H19N3O2S. The molecule has 5 nitrogen and oxygen atoms in total. The molecule has 1 fully saturated rings. The average Bonchev–Trinajstić information content (AvgIpc) is 2.75. The Morgan fingerprint density at radius 1 is 1.40 bits per heavy atom. The van der Waals surface area contributed by atoms with Gasteiger partial charge < -0.3 is 10.3 Å². The van der Waals surface area contributed by atoms with Crippen molar-refractivity contribution in [3.05, 3.63) is 29.6 Å². The molecule has 0 bridgehead atoms. The maximum Gasteiger partial charge on any atom is 0.160 e. The van der Waals surface area contributed by atoms with Gasteiger partial charge in [0.15, 0.2) is 9.84 Å². The molecular weight excluding hydrogens is 274 g/mol. The molecule has 108 valence electrons. The van der Waals surface area contributed by atoms with E-state index in [-0.39, 0.29) is 5.75 Å². The van der Waals surface area contributed by atoms with Crippen molar-refractivity contribution in [2.24, 2.45) is 12.8 Å². The van der Waals surface area contributed by atoms with Crippen molar-refractivity contribution < 1.29 is 8.42 Å². The first-order valence-corrected chi connectivity index (χ1v) is 8.61. The molecule has 1 aliphatic rings. The van der Waals surface area contributed by atoms with Crippen LogP contribution in [0.3, 0.4) is 0 Å². The number of hydrogen-bond acceptors (Lipinski definition) is 4. The summed E-state index contributed by atoms with van der Waals surface area (Å²) in [5.41, 5.74) is 8.43. The molecule has 3 rings (SSSR count). The zero-order valence-electron chi connectivity index (χ0n) is 11.5. The van der Waals surface area contributed by atoms with E-state index in [1.165, 1.54) is 0 Å². The van der Waals surface area contributed by atoms with Gasteiger partial charge in [-0.2, -0.15) is 0 Å². The van der Waals surface area contributed by atoms with Crippen LogP contribution >= 0.6 is 0 Å². The third-order valence-electron chi connectivity index (χ3n) is 4.08. The second kappa shape index (κ2) is 4.86. The fourth-order valence-corrected chi connectivity index (χ4v) is 4.87. The van der Waals surface area contributed by atoms with Gasteiger partial charge in [0.1, 0.15) is 11.1 Å². The Bertz CT molecular complexity index is 749. The van der Waals surface area contributed by atoms with Crippen LogP contribution in [-0.2, 0) is 23.4 Å². The summed E-state index contributed by atoms with van der Waals surface area (Å²) in [7, 11) is -1.18. The molecule has 1 aromatic heterocycles. The first kappa shape index (κ1) is 13.6. The highest BCUT2D eigenvalue weighted by Gasteiger charge is 2.33. The van der Waals surface area contributed by atoms with Crippen molar-refractivity contribution >= 4 is 20.9 Å². The fourth-order valence-electron chi connectivity index (χ4n) is 2.92. The maximum atomic E-state index is 12.3. The number of nitrogens with zero attached hydrogens (tertiary/aromatic N) is 2. The van der Waals surface area contributed by atoms with Crippen LogP contribution < -0.4 is 5.73 Å². The summed E-state index contributed by atoms with van der Waals surface area (Å²) < 4.78 is 26.4. The van der Waals surface area contributed by atoms with Gasteiger partial charge in [-0.1, -0.05) is 12.5 Å². The number of sulfone groups is 1. The molecule has 0 amide bonds. The van der Waals surface area contributed by atoms with E-state index in [2.05, 4.69) is 4.98 Å². The molecule has 0 saturated carbocycles. The highest BCUT2D eigenvalue weighted by Crippen LogP contribution is 2.34. The molecule has 1 saturated heterocycles. The summed E-state index contributed by atoms with van der Waals surface area (Å²) in [4.78, 5) is 4.57. The quantitative estimate of drug-likeness (QED) is 0.913. The number of aryl methyl sites for hydroxylation is 1. The third-order valence-corrected chi connectivity index (χ3v) is 6.25. The van der Waals surface area contributed by atoms with Gasteiger partial charge in [0.2, 0.25) is 0 Å². The monoisotopic (exact) mass is 293 g/mol. The predicted octanol–water partition coefficient (Wildman–Crippen LogP) is 1.67. The Morgan fingerprint density at radius 3 is 2.90 bits per heavy atom. The molecule has 0 radical (unpaired) electrons. The summed E-state index contributed by atoms with van der Waals surface area (Å²) >= 11 is 0. The zero-order valence-corrected chi connectivity index (χ0v) is 12.4. The molecule has 20 heavy (non-hydrogen) atoms. The highest BCUT2D eigenvalue weighted by atomic mass is 32.2. The lowest BCUT2D eigenvalue weighted by molar-refractivity contribution is 0.534. The number of aromatic nitrogens is 2. The summed E-state index contributed by atoms with van der Waals surface area (Å²) in [6, 6.07) is 5.86. The number of fused-ring (bicyclic) bond motifs is 1. The second-order valence-corrected chi connectivity index (χ2v) is 7.71. The summed E-state index contributed by atoms with van der Waals surface area (Å²) in [6.45, 7) is 0.462. The van der Waals surface area contributed by atoms with E-state index in [9.17, 15) is 8.42 Å². The smallest absolute Gasteiger partial charge is 0.160 e. The van der Waals surface area contributed by atoms with Crippen molar-refractivity contribution in [3.8, 4) is 0 Å². The number of hydrogen-bond donors (Lipinski definition) is 1.